The summed E-state index contributed by atoms with van der Waals surface area (Å²) < 4.78 is 13.5. The first-order valence-electron chi connectivity index (χ1n) is 6.71. The predicted octanol–water partition coefficient (Wildman–Crippen LogP) is 2.25. The van der Waals surface area contributed by atoms with E-state index >= 15 is 0 Å². The molecule has 0 saturated heterocycles. The van der Waals surface area contributed by atoms with Crippen LogP contribution in [0.1, 0.15) is 16.7 Å². The fourth-order valence-electron chi connectivity index (χ4n) is 2.07. The molecule has 4 N–H and O–H groups in total. The van der Waals surface area contributed by atoms with E-state index in [9.17, 15) is 4.39 Å². The third-order valence-corrected chi connectivity index (χ3v) is 3.12. The molecule has 0 aliphatic rings. The Kier molecular flexibility index (Phi) is 5.29. The van der Waals surface area contributed by atoms with Gasteiger partial charge in [0.25, 0.3) is 0 Å². The minimum atomic E-state index is -0.404. The molecule has 0 heterocycles. The summed E-state index contributed by atoms with van der Waals surface area (Å²) in [5.41, 5.74) is 7.85. The summed E-state index contributed by atoms with van der Waals surface area (Å²) in [7, 11) is 0. The second-order valence-electron chi connectivity index (χ2n) is 4.75. The van der Waals surface area contributed by atoms with Crippen molar-refractivity contribution < 1.29 is 9.60 Å². The van der Waals surface area contributed by atoms with E-state index in [0.717, 1.165) is 18.5 Å². The van der Waals surface area contributed by atoms with Crippen LogP contribution in [-0.4, -0.2) is 17.6 Å². The Morgan fingerprint density at radius 1 is 1.14 bits per heavy atom. The van der Waals surface area contributed by atoms with Crippen LogP contribution in [0.4, 0.5) is 4.39 Å². The number of halogens is 1. The van der Waals surface area contributed by atoms with Gasteiger partial charge in [0.15, 0.2) is 5.84 Å². The molecule has 0 unspecified atom stereocenters. The minimum absolute atomic E-state index is 0.0972. The first kappa shape index (κ1) is 15.0. The third-order valence-electron chi connectivity index (χ3n) is 3.12. The van der Waals surface area contributed by atoms with E-state index in [1.165, 1.54) is 17.7 Å². The molecule has 0 aromatic heterocycles. The standard InChI is InChI=1S/C16H18FN3O/c17-15-9-13(8-14(10-15)16(18)20-21)11-19-7-6-12-4-2-1-3-5-12/h1-5,8-10,19,21H,6-7,11H2,(H2,18,20). The SMILES string of the molecule is N/C(=N/O)c1cc(F)cc(CNCCc2ccccc2)c1. The van der Waals surface area contributed by atoms with Gasteiger partial charge in [-0.1, -0.05) is 35.5 Å². The molecule has 0 spiro atoms. The molecule has 0 amide bonds. The Balaban J connectivity index is 1.90. The van der Waals surface area contributed by atoms with Crippen molar-refractivity contribution in [3.63, 3.8) is 0 Å². The van der Waals surface area contributed by atoms with Crippen molar-refractivity contribution in [2.45, 2.75) is 13.0 Å². The van der Waals surface area contributed by atoms with Gasteiger partial charge in [0.05, 0.1) is 0 Å². The highest BCUT2D eigenvalue weighted by Crippen LogP contribution is 2.09. The van der Waals surface area contributed by atoms with Crippen molar-refractivity contribution in [1.29, 1.82) is 0 Å². The highest BCUT2D eigenvalue weighted by Gasteiger charge is 2.04. The van der Waals surface area contributed by atoms with E-state index in [1.54, 1.807) is 6.07 Å². The average Bonchev–Trinajstić information content (AvgIpc) is 2.51. The molecule has 5 heteroatoms. The molecule has 110 valence electrons. The Morgan fingerprint density at radius 3 is 2.62 bits per heavy atom. The Bertz CT molecular complexity index is 614. The lowest BCUT2D eigenvalue weighted by Gasteiger charge is -2.07. The predicted molar refractivity (Wildman–Crippen MR) is 80.8 cm³/mol. The number of benzene rings is 2. The number of oxime groups is 1. The van der Waals surface area contributed by atoms with Crippen LogP contribution in [0.15, 0.2) is 53.7 Å². The minimum Gasteiger partial charge on any atom is -0.409 e. The Hall–Kier alpha value is -2.40. The van der Waals surface area contributed by atoms with Crippen LogP contribution in [0.2, 0.25) is 0 Å². The molecular weight excluding hydrogens is 269 g/mol. The quantitative estimate of drug-likeness (QED) is 0.251. The van der Waals surface area contributed by atoms with Crippen LogP contribution in [0.25, 0.3) is 0 Å². The molecule has 0 aliphatic heterocycles. The Labute approximate surface area is 123 Å². The van der Waals surface area contributed by atoms with Gasteiger partial charge in [-0.2, -0.15) is 0 Å². The van der Waals surface area contributed by atoms with Crippen LogP contribution in [-0.2, 0) is 13.0 Å². The molecule has 0 atom stereocenters. The molecule has 0 aliphatic carbocycles. The molecule has 0 fully saturated rings. The summed E-state index contributed by atoms with van der Waals surface area (Å²) in [6, 6.07) is 14.5. The van der Waals surface area contributed by atoms with Crippen LogP contribution >= 0.6 is 0 Å². The summed E-state index contributed by atoms with van der Waals surface area (Å²) in [4.78, 5) is 0. The van der Waals surface area contributed by atoms with E-state index in [4.69, 9.17) is 10.9 Å². The lowest BCUT2D eigenvalue weighted by molar-refractivity contribution is 0.318. The topological polar surface area (TPSA) is 70.6 Å². The van der Waals surface area contributed by atoms with Gasteiger partial charge in [-0.25, -0.2) is 4.39 Å². The Morgan fingerprint density at radius 2 is 1.90 bits per heavy atom. The van der Waals surface area contributed by atoms with E-state index in [1.807, 2.05) is 18.2 Å². The summed E-state index contributed by atoms with van der Waals surface area (Å²) >= 11 is 0. The van der Waals surface area contributed by atoms with Gasteiger partial charge in [0, 0.05) is 12.1 Å². The van der Waals surface area contributed by atoms with Crippen LogP contribution < -0.4 is 11.1 Å². The molecule has 2 aromatic carbocycles. The fraction of sp³-hybridized carbons (Fsp3) is 0.188. The molecule has 21 heavy (non-hydrogen) atoms. The van der Waals surface area contributed by atoms with Gasteiger partial charge in [0.1, 0.15) is 5.82 Å². The monoisotopic (exact) mass is 287 g/mol. The first-order chi connectivity index (χ1) is 10.2. The van der Waals surface area contributed by atoms with E-state index in [2.05, 4.69) is 22.6 Å². The number of hydrogen-bond donors (Lipinski definition) is 3. The van der Waals surface area contributed by atoms with Gasteiger partial charge in [-0.3, -0.25) is 0 Å². The zero-order chi connectivity index (χ0) is 15.1. The van der Waals surface area contributed by atoms with Gasteiger partial charge in [-0.15, -0.1) is 0 Å². The zero-order valence-electron chi connectivity index (χ0n) is 11.6. The van der Waals surface area contributed by atoms with Gasteiger partial charge >= 0.3 is 0 Å². The molecule has 4 nitrogen and oxygen atoms in total. The second-order valence-corrected chi connectivity index (χ2v) is 4.75. The lowest BCUT2D eigenvalue weighted by atomic mass is 10.1. The smallest absolute Gasteiger partial charge is 0.170 e. The fourth-order valence-corrected chi connectivity index (χ4v) is 2.07. The summed E-state index contributed by atoms with van der Waals surface area (Å²) in [6.45, 7) is 1.32. The molecule has 0 bridgehead atoms. The van der Waals surface area contributed by atoms with Crippen molar-refractivity contribution in [1.82, 2.24) is 5.32 Å². The molecule has 0 radical (unpaired) electrons. The summed E-state index contributed by atoms with van der Waals surface area (Å²) in [6.07, 6.45) is 0.906. The number of nitrogens with one attached hydrogen (secondary N) is 1. The largest absolute Gasteiger partial charge is 0.409 e. The van der Waals surface area contributed by atoms with Crippen LogP contribution in [0, 0.1) is 5.82 Å². The first-order valence-corrected chi connectivity index (χ1v) is 6.71. The van der Waals surface area contributed by atoms with E-state index in [0.29, 0.717) is 12.1 Å². The van der Waals surface area contributed by atoms with E-state index in [-0.39, 0.29) is 5.84 Å². The average molecular weight is 287 g/mol. The van der Waals surface area contributed by atoms with Gasteiger partial charge in [0.2, 0.25) is 0 Å². The van der Waals surface area contributed by atoms with Crippen molar-refractivity contribution in [3.05, 3.63) is 71.0 Å². The number of rotatable bonds is 6. The highest BCUT2D eigenvalue weighted by molar-refractivity contribution is 5.97. The second kappa shape index (κ2) is 7.40. The van der Waals surface area contributed by atoms with E-state index < -0.39 is 5.82 Å². The van der Waals surface area contributed by atoms with Gasteiger partial charge < -0.3 is 16.3 Å². The summed E-state index contributed by atoms with van der Waals surface area (Å²) in [5, 5.41) is 14.8. The number of nitrogens with zero attached hydrogens (tertiary/aromatic N) is 1. The number of nitrogens with two attached hydrogens (primary N) is 1. The zero-order valence-corrected chi connectivity index (χ0v) is 11.6. The van der Waals surface area contributed by atoms with Gasteiger partial charge in [-0.05, 0) is 42.3 Å². The number of amidine groups is 1. The lowest BCUT2D eigenvalue weighted by Crippen LogP contribution is -2.18. The van der Waals surface area contributed by atoms with Crippen molar-refractivity contribution in [2.24, 2.45) is 10.9 Å². The summed E-state index contributed by atoms with van der Waals surface area (Å²) in [5.74, 6) is -0.501. The maximum Gasteiger partial charge on any atom is 0.170 e. The maximum atomic E-state index is 13.5. The number of hydrogen-bond acceptors (Lipinski definition) is 3. The normalized spacial score (nSPS) is 11.6. The molecule has 2 rings (SSSR count). The van der Waals surface area contributed by atoms with Crippen LogP contribution in [0.5, 0.6) is 0 Å². The van der Waals surface area contributed by atoms with Crippen molar-refractivity contribution in [3.8, 4) is 0 Å². The molecule has 0 saturated carbocycles. The third kappa shape index (κ3) is 4.57. The van der Waals surface area contributed by atoms with Crippen molar-refractivity contribution in [2.75, 3.05) is 6.54 Å². The van der Waals surface area contributed by atoms with Crippen LogP contribution in [0.3, 0.4) is 0 Å². The maximum absolute atomic E-state index is 13.5. The molecule has 2 aromatic rings. The molecular formula is C16H18FN3O. The van der Waals surface area contributed by atoms with Crippen molar-refractivity contribution >= 4 is 5.84 Å². The highest BCUT2D eigenvalue weighted by atomic mass is 19.1.